The number of rotatable bonds is 4. The van der Waals surface area contributed by atoms with Crippen LogP contribution in [0.25, 0.3) is 0 Å². The average molecular weight is 242 g/mol. The molecule has 1 aliphatic rings. The van der Waals surface area contributed by atoms with E-state index in [1.165, 1.54) is 7.11 Å². The molecule has 0 bridgehead atoms. The van der Waals surface area contributed by atoms with Gasteiger partial charge in [-0.2, -0.15) is 0 Å². The van der Waals surface area contributed by atoms with Gasteiger partial charge in [-0.05, 0) is 19.4 Å². The second-order valence-corrected chi connectivity index (χ2v) is 4.70. The maximum atomic E-state index is 11.5. The van der Waals surface area contributed by atoms with Gasteiger partial charge < -0.3 is 14.5 Å². The molecule has 98 valence electrons. The Balaban J connectivity index is 2.35. The van der Waals surface area contributed by atoms with Crippen LogP contribution >= 0.6 is 0 Å². The highest BCUT2D eigenvalue weighted by Gasteiger charge is 2.26. The van der Waals surface area contributed by atoms with Crippen LogP contribution in [0.1, 0.15) is 19.3 Å². The van der Waals surface area contributed by atoms with Crippen LogP contribution in [0, 0.1) is 5.92 Å². The van der Waals surface area contributed by atoms with E-state index in [0.717, 1.165) is 25.9 Å². The van der Waals surface area contributed by atoms with Crippen molar-refractivity contribution < 1.29 is 14.3 Å². The maximum Gasteiger partial charge on any atom is 0.309 e. The van der Waals surface area contributed by atoms with E-state index in [2.05, 4.69) is 4.90 Å². The van der Waals surface area contributed by atoms with Gasteiger partial charge in [0, 0.05) is 33.6 Å². The van der Waals surface area contributed by atoms with Crippen LogP contribution in [0.4, 0.5) is 0 Å². The van der Waals surface area contributed by atoms with Crippen molar-refractivity contribution in [3.63, 3.8) is 0 Å². The number of ether oxygens (including phenoxy) is 1. The maximum absolute atomic E-state index is 11.5. The lowest BCUT2D eigenvalue weighted by Crippen LogP contribution is -2.40. The molecular formula is C12H22N2O3. The number of likely N-dealkylation sites (tertiary alicyclic amines) is 1. The van der Waals surface area contributed by atoms with E-state index in [0.29, 0.717) is 13.0 Å². The van der Waals surface area contributed by atoms with Crippen molar-refractivity contribution in [3.05, 3.63) is 0 Å². The molecule has 1 heterocycles. The van der Waals surface area contributed by atoms with Gasteiger partial charge in [0.15, 0.2) is 0 Å². The van der Waals surface area contributed by atoms with E-state index in [1.54, 1.807) is 19.0 Å². The van der Waals surface area contributed by atoms with Crippen molar-refractivity contribution in [3.8, 4) is 0 Å². The third-order valence-corrected chi connectivity index (χ3v) is 3.18. The molecule has 1 amide bonds. The smallest absolute Gasteiger partial charge is 0.309 e. The van der Waals surface area contributed by atoms with Gasteiger partial charge in [-0.25, -0.2) is 0 Å². The SMILES string of the molecule is COC(=O)[C@H]1CCCN(CCC(=O)N(C)C)C1. The largest absolute Gasteiger partial charge is 0.469 e. The van der Waals surface area contributed by atoms with Crippen molar-refractivity contribution in [2.75, 3.05) is 40.8 Å². The molecular weight excluding hydrogens is 220 g/mol. The van der Waals surface area contributed by atoms with E-state index in [-0.39, 0.29) is 17.8 Å². The first-order valence-electron chi connectivity index (χ1n) is 6.05. The van der Waals surface area contributed by atoms with E-state index in [4.69, 9.17) is 4.74 Å². The zero-order valence-electron chi connectivity index (χ0n) is 10.9. The molecule has 0 aromatic rings. The third kappa shape index (κ3) is 4.34. The minimum Gasteiger partial charge on any atom is -0.469 e. The number of hydrogen-bond acceptors (Lipinski definition) is 4. The Kier molecular flexibility index (Phi) is 5.41. The zero-order chi connectivity index (χ0) is 12.8. The molecule has 1 saturated heterocycles. The van der Waals surface area contributed by atoms with Crippen LogP contribution in [0.5, 0.6) is 0 Å². The fourth-order valence-electron chi connectivity index (χ4n) is 2.10. The summed E-state index contributed by atoms with van der Waals surface area (Å²) in [5, 5.41) is 0. The first-order valence-corrected chi connectivity index (χ1v) is 6.05. The van der Waals surface area contributed by atoms with Gasteiger partial charge >= 0.3 is 5.97 Å². The molecule has 17 heavy (non-hydrogen) atoms. The van der Waals surface area contributed by atoms with Crippen LogP contribution < -0.4 is 0 Å². The first kappa shape index (κ1) is 14.0. The fourth-order valence-corrected chi connectivity index (χ4v) is 2.10. The molecule has 0 radical (unpaired) electrons. The number of amides is 1. The summed E-state index contributed by atoms with van der Waals surface area (Å²) in [5.41, 5.74) is 0. The minimum atomic E-state index is -0.131. The summed E-state index contributed by atoms with van der Waals surface area (Å²) in [6, 6.07) is 0. The van der Waals surface area contributed by atoms with E-state index < -0.39 is 0 Å². The van der Waals surface area contributed by atoms with Crippen LogP contribution in [-0.2, 0) is 14.3 Å². The summed E-state index contributed by atoms with van der Waals surface area (Å²) < 4.78 is 4.76. The van der Waals surface area contributed by atoms with Crippen molar-refractivity contribution >= 4 is 11.9 Å². The van der Waals surface area contributed by atoms with Gasteiger partial charge in [0.05, 0.1) is 13.0 Å². The molecule has 1 aliphatic heterocycles. The Bertz CT molecular complexity index is 279. The zero-order valence-corrected chi connectivity index (χ0v) is 10.9. The molecule has 0 aliphatic carbocycles. The number of methoxy groups -OCH3 is 1. The average Bonchev–Trinajstić information content (AvgIpc) is 2.35. The second-order valence-electron chi connectivity index (χ2n) is 4.70. The predicted octanol–water partition coefficient (Wildman–Crippen LogP) is 0.350. The molecule has 0 aromatic heterocycles. The Morgan fingerprint density at radius 1 is 1.41 bits per heavy atom. The molecule has 0 spiro atoms. The monoisotopic (exact) mass is 242 g/mol. The van der Waals surface area contributed by atoms with Crippen LogP contribution in [0.3, 0.4) is 0 Å². The van der Waals surface area contributed by atoms with Gasteiger partial charge in [-0.3, -0.25) is 9.59 Å². The Morgan fingerprint density at radius 3 is 2.71 bits per heavy atom. The highest BCUT2D eigenvalue weighted by molar-refractivity contribution is 5.75. The van der Waals surface area contributed by atoms with Crippen molar-refractivity contribution in [2.24, 2.45) is 5.92 Å². The number of piperidine rings is 1. The molecule has 1 fully saturated rings. The van der Waals surface area contributed by atoms with Gasteiger partial charge in [0.2, 0.25) is 5.91 Å². The summed E-state index contributed by atoms with van der Waals surface area (Å²) in [5.74, 6) is -0.0259. The van der Waals surface area contributed by atoms with Gasteiger partial charge in [0.1, 0.15) is 0 Å². The highest BCUT2D eigenvalue weighted by atomic mass is 16.5. The number of esters is 1. The molecule has 1 atom stereocenters. The lowest BCUT2D eigenvalue weighted by molar-refractivity contribution is -0.147. The molecule has 0 N–H and O–H groups in total. The van der Waals surface area contributed by atoms with E-state index in [9.17, 15) is 9.59 Å². The summed E-state index contributed by atoms with van der Waals surface area (Å²) in [6.07, 6.45) is 2.40. The van der Waals surface area contributed by atoms with Crippen molar-refractivity contribution in [2.45, 2.75) is 19.3 Å². The van der Waals surface area contributed by atoms with Crippen LogP contribution in [-0.4, -0.2) is 62.5 Å². The quantitative estimate of drug-likeness (QED) is 0.667. The molecule has 1 rings (SSSR count). The van der Waals surface area contributed by atoms with Gasteiger partial charge in [0.25, 0.3) is 0 Å². The van der Waals surface area contributed by atoms with E-state index in [1.807, 2.05) is 0 Å². The molecule has 5 heteroatoms. The summed E-state index contributed by atoms with van der Waals surface area (Å²) in [4.78, 5) is 26.7. The summed E-state index contributed by atoms with van der Waals surface area (Å²) in [6.45, 7) is 2.41. The normalized spacial score (nSPS) is 21.0. The van der Waals surface area contributed by atoms with Crippen LogP contribution in [0.2, 0.25) is 0 Å². The summed E-state index contributed by atoms with van der Waals surface area (Å²) in [7, 11) is 4.95. The Labute approximate surface area is 103 Å². The highest BCUT2D eigenvalue weighted by Crippen LogP contribution is 2.17. The number of carbonyl (C=O) groups is 2. The van der Waals surface area contributed by atoms with Gasteiger partial charge in [-0.15, -0.1) is 0 Å². The third-order valence-electron chi connectivity index (χ3n) is 3.18. The van der Waals surface area contributed by atoms with Crippen molar-refractivity contribution in [1.82, 2.24) is 9.80 Å². The fraction of sp³-hybridized carbons (Fsp3) is 0.833. The standard InChI is InChI=1S/C12H22N2O3/c1-13(2)11(15)6-8-14-7-4-5-10(9-14)12(16)17-3/h10H,4-9H2,1-3H3/t10-/m0/s1. The lowest BCUT2D eigenvalue weighted by Gasteiger charge is -2.31. The van der Waals surface area contributed by atoms with E-state index >= 15 is 0 Å². The Hall–Kier alpha value is -1.10. The van der Waals surface area contributed by atoms with Crippen LogP contribution in [0.15, 0.2) is 0 Å². The topological polar surface area (TPSA) is 49.9 Å². The second kappa shape index (κ2) is 6.59. The molecule has 0 aromatic carbocycles. The minimum absolute atomic E-state index is 0.0248. The van der Waals surface area contributed by atoms with Crippen molar-refractivity contribution in [1.29, 1.82) is 0 Å². The lowest BCUT2D eigenvalue weighted by atomic mass is 9.98. The molecule has 0 saturated carbocycles. The first-order chi connectivity index (χ1) is 8.04. The Morgan fingerprint density at radius 2 is 2.12 bits per heavy atom. The predicted molar refractivity (Wildman–Crippen MR) is 64.5 cm³/mol. The number of hydrogen-bond donors (Lipinski definition) is 0. The van der Waals surface area contributed by atoms with Gasteiger partial charge in [-0.1, -0.05) is 0 Å². The number of nitrogens with zero attached hydrogens (tertiary/aromatic N) is 2. The molecule has 5 nitrogen and oxygen atoms in total. The summed E-state index contributed by atoms with van der Waals surface area (Å²) >= 11 is 0. The molecule has 0 unspecified atom stereocenters. The number of carbonyl (C=O) groups excluding carboxylic acids is 2.